The van der Waals surface area contributed by atoms with Crippen LogP contribution in [0.3, 0.4) is 0 Å². The lowest BCUT2D eigenvalue weighted by Gasteiger charge is -2.32. The second-order valence-electron chi connectivity index (χ2n) is 5.36. The molecule has 0 spiro atoms. The minimum Gasteiger partial charge on any atom is -0.494 e. The molecule has 1 aromatic rings. The molecule has 0 atom stereocenters. The van der Waals surface area contributed by atoms with Crippen LogP contribution in [0.15, 0.2) is 29.4 Å². The van der Waals surface area contributed by atoms with Crippen molar-refractivity contribution in [2.45, 2.75) is 6.42 Å². The average molecular weight is 292 g/mol. The maximum Gasteiger partial charge on any atom is 0.170 e. The van der Waals surface area contributed by atoms with Gasteiger partial charge in [0.2, 0.25) is 0 Å². The molecule has 1 fully saturated rings. The highest BCUT2D eigenvalue weighted by Gasteiger charge is 2.12. The molecule has 6 nitrogen and oxygen atoms in total. The summed E-state index contributed by atoms with van der Waals surface area (Å²) in [4.78, 5) is 4.83. The number of nitrogens with two attached hydrogens (primary N) is 1. The van der Waals surface area contributed by atoms with Gasteiger partial charge in [0.05, 0.1) is 6.61 Å². The minimum atomic E-state index is 0.108. The predicted octanol–water partition coefficient (Wildman–Crippen LogP) is 0.797. The summed E-state index contributed by atoms with van der Waals surface area (Å²) in [5.41, 5.74) is 6.19. The highest BCUT2D eigenvalue weighted by atomic mass is 16.5. The molecule has 1 heterocycles. The molecule has 2 rings (SSSR count). The molecule has 21 heavy (non-hydrogen) atoms. The fraction of sp³-hybridized carbons (Fsp3) is 0.533. The van der Waals surface area contributed by atoms with Crippen LogP contribution in [0, 0.1) is 0 Å². The molecule has 0 bridgehead atoms. The van der Waals surface area contributed by atoms with E-state index in [1.54, 1.807) is 12.1 Å². The van der Waals surface area contributed by atoms with Gasteiger partial charge in [0.25, 0.3) is 0 Å². The van der Waals surface area contributed by atoms with Gasteiger partial charge in [-0.25, -0.2) is 0 Å². The predicted molar refractivity (Wildman–Crippen MR) is 83.0 cm³/mol. The largest absolute Gasteiger partial charge is 0.494 e. The summed E-state index contributed by atoms with van der Waals surface area (Å²) in [7, 11) is 2.17. The van der Waals surface area contributed by atoms with Crippen LogP contribution < -0.4 is 10.5 Å². The number of rotatable bonds is 6. The number of benzene rings is 1. The summed E-state index contributed by atoms with van der Waals surface area (Å²) in [5.74, 6) is 0.916. The zero-order valence-electron chi connectivity index (χ0n) is 12.5. The Balaban J connectivity index is 1.67. The first-order valence-corrected chi connectivity index (χ1v) is 7.30. The number of hydrogen-bond acceptors (Lipinski definition) is 5. The van der Waals surface area contributed by atoms with E-state index in [1.807, 2.05) is 12.1 Å². The molecule has 6 heteroatoms. The van der Waals surface area contributed by atoms with Crippen LogP contribution in [0.1, 0.15) is 12.0 Å². The molecule has 0 saturated carbocycles. The van der Waals surface area contributed by atoms with Crippen LogP contribution in [0.4, 0.5) is 0 Å². The molecule has 1 aliphatic heterocycles. The third-order valence-electron chi connectivity index (χ3n) is 3.74. The van der Waals surface area contributed by atoms with Crippen LogP contribution in [-0.4, -0.2) is 67.2 Å². The second kappa shape index (κ2) is 7.85. The quantitative estimate of drug-likeness (QED) is 0.267. The van der Waals surface area contributed by atoms with E-state index in [9.17, 15) is 0 Å². The minimum absolute atomic E-state index is 0.108. The van der Waals surface area contributed by atoms with Gasteiger partial charge in [-0.15, -0.1) is 0 Å². The van der Waals surface area contributed by atoms with E-state index in [-0.39, 0.29) is 5.84 Å². The SMILES string of the molecule is CN1CCN(CCCOc2ccc(C(N)=NO)cc2)CC1. The number of nitrogens with zero attached hydrogens (tertiary/aromatic N) is 3. The molecule has 1 saturated heterocycles. The second-order valence-corrected chi connectivity index (χ2v) is 5.36. The Morgan fingerprint density at radius 3 is 2.52 bits per heavy atom. The zero-order chi connectivity index (χ0) is 15.1. The number of piperazine rings is 1. The van der Waals surface area contributed by atoms with Crippen LogP contribution in [0.25, 0.3) is 0 Å². The Kier molecular flexibility index (Phi) is 5.83. The maximum atomic E-state index is 8.60. The van der Waals surface area contributed by atoms with Crippen molar-refractivity contribution in [3.63, 3.8) is 0 Å². The van der Waals surface area contributed by atoms with Crippen molar-refractivity contribution in [1.82, 2.24) is 9.80 Å². The fourth-order valence-corrected chi connectivity index (χ4v) is 2.33. The molecule has 1 aromatic carbocycles. The van der Waals surface area contributed by atoms with E-state index in [4.69, 9.17) is 15.7 Å². The van der Waals surface area contributed by atoms with Crippen LogP contribution in [0.5, 0.6) is 5.75 Å². The van der Waals surface area contributed by atoms with Crippen molar-refractivity contribution in [2.24, 2.45) is 10.9 Å². The van der Waals surface area contributed by atoms with Gasteiger partial charge in [0.1, 0.15) is 5.75 Å². The summed E-state index contributed by atoms with van der Waals surface area (Å²) in [5, 5.41) is 11.6. The number of likely N-dealkylation sites (N-methyl/N-ethyl adjacent to an activating group) is 1. The Bertz CT molecular complexity index is 453. The maximum absolute atomic E-state index is 8.60. The molecule has 1 aliphatic rings. The van der Waals surface area contributed by atoms with Crippen LogP contribution in [0.2, 0.25) is 0 Å². The first kappa shape index (κ1) is 15.6. The van der Waals surface area contributed by atoms with Crippen molar-refractivity contribution in [3.05, 3.63) is 29.8 Å². The van der Waals surface area contributed by atoms with E-state index < -0.39 is 0 Å². The molecule has 0 radical (unpaired) electrons. The number of amidine groups is 1. The van der Waals surface area contributed by atoms with Gasteiger partial charge in [-0.2, -0.15) is 0 Å². The Morgan fingerprint density at radius 2 is 1.90 bits per heavy atom. The van der Waals surface area contributed by atoms with Crippen molar-refractivity contribution in [1.29, 1.82) is 0 Å². The summed E-state index contributed by atoms with van der Waals surface area (Å²) in [6.07, 6.45) is 1.02. The van der Waals surface area contributed by atoms with Crippen LogP contribution in [-0.2, 0) is 0 Å². The molecule has 0 amide bonds. The van der Waals surface area contributed by atoms with E-state index in [0.29, 0.717) is 12.2 Å². The van der Waals surface area contributed by atoms with Gasteiger partial charge in [-0.3, -0.25) is 0 Å². The third-order valence-corrected chi connectivity index (χ3v) is 3.74. The van der Waals surface area contributed by atoms with Crippen molar-refractivity contribution < 1.29 is 9.94 Å². The lowest BCUT2D eigenvalue weighted by molar-refractivity contribution is 0.145. The van der Waals surface area contributed by atoms with E-state index in [0.717, 1.165) is 44.9 Å². The first-order valence-electron chi connectivity index (χ1n) is 7.30. The molecule has 116 valence electrons. The molecule has 3 N–H and O–H groups in total. The van der Waals surface area contributed by atoms with Gasteiger partial charge in [-0.1, -0.05) is 5.16 Å². The van der Waals surface area contributed by atoms with Crippen molar-refractivity contribution in [2.75, 3.05) is 46.4 Å². The van der Waals surface area contributed by atoms with E-state index in [1.165, 1.54) is 0 Å². The summed E-state index contributed by atoms with van der Waals surface area (Å²) < 4.78 is 5.71. The molecular weight excluding hydrogens is 268 g/mol. The normalized spacial score (nSPS) is 17.9. The van der Waals surface area contributed by atoms with Crippen molar-refractivity contribution in [3.8, 4) is 5.75 Å². The zero-order valence-corrected chi connectivity index (χ0v) is 12.5. The topological polar surface area (TPSA) is 74.3 Å². The van der Waals surface area contributed by atoms with Crippen LogP contribution >= 0.6 is 0 Å². The summed E-state index contributed by atoms with van der Waals surface area (Å²) in [6, 6.07) is 7.24. The average Bonchev–Trinajstić information content (AvgIpc) is 2.53. The molecule has 0 unspecified atom stereocenters. The molecule has 0 aromatic heterocycles. The summed E-state index contributed by atoms with van der Waals surface area (Å²) in [6.45, 7) is 6.37. The van der Waals surface area contributed by atoms with Gasteiger partial charge in [0.15, 0.2) is 5.84 Å². The highest BCUT2D eigenvalue weighted by molar-refractivity contribution is 5.97. The fourth-order valence-electron chi connectivity index (χ4n) is 2.33. The van der Waals surface area contributed by atoms with Gasteiger partial charge in [0, 0.05) is 38.3 Å². The Morgan fingerprint density at radius 1 is 1.24 bits per heavy atom. The number of ether oxygens (including phenoxy) is 1. The Hall–Kier alpha value is -1.79. The number of hydrogen-bond donors (Lipinski definition) is 2. The number of oxime groups is 1. The van der Waals surface area contributed by atoms with Crippen molar-refractivity contribution >= 4 is 5.84 Å². The standard InChI is InChI=1S/C15H24N4O2/c1-18-8-10-19(11-9-18)7-2-12-21-14-5-3-13(4-6-14)15(16)17-20/h3-6,20H,2,7-12H2,1H3,(H2,16,17). The third kappa shape index (κ3) is 4.91. The van der Waals surface area contributed by atoms with E-state index >= 15 is 0 Å². The monoisotopic (exact) mass is 292 g/mol. The van der Waals surface area contributed by atoms with Gasteiger partial charge in [-0.05, 0) is 37.7 Å². The Labute approximate surface area is 125 Å². The van der Waals surface area contributed by atoms with Gasteiger partial charge >= 0.3 is 0 Å². The summed E-state index contributed by atoms with van der Waals surface area (Å²) >= 11 is 0. The smallest absolute Gasteiger partial charge is 0.170 e. The molecular formula is C15H24N4O2. The molecule has 0 aliphatic carbocycles. The highest BCUT2D eigenvalue weighted by Crippen LogP contribution is 2.12. The lowest BCUT2D eigenvalue weighted by Crippen LogP contribution is -2.44. The van der Waals surface area contributed by atoms with E-state index in [2.05, 4.69) is 22.0 Å². The lowest BCUT2D eigenvalue weighted by atomic mass is 10.2. The first-order chi connectivity index (χ1) is 10.2. The van der Waals surface area contributed by atoms with Gasteiger partial charge < -0.3 is 25.5 Å².